The Bertz CT molecular complexity index is 1300. The molecule has 2 heterocycles. The molecular weight excluding hydrogens is 468 g/mol. The van der Waals surface area contributed by atoms with Crippen LogP contribution in [0.3, 0.4) is 0 Å². The quantitative estimate of drug-likeness (QED) is 0.274. The summed E-state index contributed by atoms with van der Waals surface area (Å²) in [6.07, 6.45) is 4.80. The number of hydrogen-bond acceptors (Lipinski definition) is 8. The number of pyridine rings is 1. The van der Waals surface area contributed by atoms with Gasteiger partial charge in [0, 0.05) is 41.3 Å². The van der Waals surface area contributed by atoms with E-state index in [4.69, 9.17) is 26.8 Å². The summed E-state index contributed by atoms with van der Waals surface area (Å²) >= 11 is 6.11. The predicted octanol–water partition coefficient (Wildman–Crippen LogP) is 4.33. The maximum atomic E-state index is 6.42. The molecule has 11 heteroatoms. The zero-order chi connectivity index (χ0) is 24.6. The first kappa shape index (κ1) is 23.7. The van der Waals surface area contributed by atoms with Crippen molar-refractivity contribution in [2.75, 3.05) is 24.4 Å². The summed E-state index contributed by atoms with van der Waals surface area (Å²) in [5.41, 5.74) is 8.65. The molecule has 0 bridgehead atoms. The molecule has 3 N–H and O–H groups in total. The van der Waals surface area contributed by atoms with Crippen molar-refractivity contribution in [3.05, 3.63) is 83.9 Å². The van der Waals surface area contributed by atoms with Crippen LogP contribution in [0.15, 0.2) is 78.3 Å². The van der Waals surface area contributed by atoms with Crippen LogP contribution in [0, 0.1) is 0 Å². The SMILES string of the molecule is COc1cc(Nc2ncnc(N(Cc3ccncc3)C(N)=Nc3cccc(Cl)c3)n2)cc(OC)c1. The predicted molar refractivity (Wildman–Crippen MR) is 136 cm³/mol. The van der Waals surface area contributed by atoms with E-state index in [1.54, 1.807) is 74.0 Å². The molecule has 0 radical (unpaired) electrons. The van der Waals surface area contributed by atoms with Crippen molar-refractivity contribution in [3.8, 4) is 11.5 Å². The molecule has 178 valence electrons. The number of rotatable bonds is 8. The van der Waals surface area contributed by atoms with Gasteiger partial charge in [-0.3, -0.25) is 9.88 Å². The third-order valence-corrected chi connectivity index (χ3v) is 5.06. The summed E-state index contributed by atoms with van der Waals surface area (Å²) in [5, 5.41) is 3.71. The molecule has 0 aliphatic rings. The molecule has 10 nitrogen and oxygen atoms in total. The first-order chi connectivity index (χ1) is 17.0. The number of aromatic nitrogens is 4. The maximum absolute atomic E-state index is 6.42. The van der Waals surface area contributed by atoms with Gasteiger partial charge in [0.1, 0.15) is 17.8 Å². The van der Waals surface area contributed by atoms with E-state index in [1.165, 1.54) is 6.33 Å². The molecule has 0 saturated heterocycles. The Balaban J connectivity index is 1.68. The number of guanidine groups is 1. The van der Waals surface area contributed by atoms with E-state index in [0.717, 1.165) is 5.56 Å². The smallest absolute Gasteiger partial charge is 0.237 e. The highest BCUT2D eigenvalue weighted by Crippen LogP contribution is 2.27. The summed E-state index contributed by atoms with van der Waals surface area (Å²) in [5.74, 6) is 2.04. The summed E-state index contributed by atoms with van der Waals surface area (Å²) in [7, 11) is 3.16. The van der Waals surface area contributed by atoms with Crippen LogP contribution in [0.4, 0.5) is 23.3 Å². The number of nitrogens with one attached hydrogen (secondary N) is 1. The van der Waals surface area contributed by atoms with Crippen molar-refractivity contribution in [3.63, 3.8) is 0 Å². The number of nitrogens with zero attached hydrogens (tertiary/aromatic N) is 6. The highest BCUT2D eigenvalue weighted by molar-refractivity contribution is 6.30. The zero-order valence-corrected chi connectivity index (χ0v) is 19.8. The second-order valence-corrected chi connectivity index (χ2v) is 7.66. The van der Waals surface area contributed by atoms with Gasteiger partial charge in [0.15, 0.2) is 0 Å². The molecule has 0 aliphatic carbocycles. The largest absolute Gasteiger partial charge is 0.497 e. The number of aliphatic imine (C=N–C) groups is 1. The number of anilines is 3. The zero-order valence-electron chi connectivity index (χ0n) is 19.1. The monoisotopic (exact) mass is 490 g/mol. The van der Waals surface area contributed by atoms with Crippen molar-refractivity contribution >= 4 is 40.8 Å². The third kappa shape index (κ3) is 6.33. The second-order valence-electron chi connectivity index (χ2n) is 7.23. The van der Waals surface area contributed by atoms with E-state index >= 15 is 0 Å². The minimum Gasteiger partial charge on any atom is -0.497 e. The Morgan fingerprint density at radius 2 is 1.77 bits per heavy atom. The molecule has 0 amide bonds. The molecule has 0 saturated carbocycles. The van der Waals surface area contributed by atoms with E-state index < -0.39 is 0 Å². The molecular formula is C24H23ClN8O2. The molecule has 0 aliphatic heterocycles. The summed E-state index contributed by atoms with van der Waals surface area (Å²) in [6.45, 7) is 0.356. The number of ether oxygens (including phenoxy) is 2. The summed E-state index contributed by atoms with van der Waals surface area (Å²) in [4.78, 5) is 23.4. The summed E-state index contributed by atoms with van der Waals surface area (Å²) in [6, 6.07) is 16.2. The molecule has 0 unspecified atom stereocenters. The fourth-order valence-electron chi connectivity index (χ4n) is 3.15. The average Bonchev–Trinajstić information content (AvgIpc) is 2.87. The van der Waals surface area contributed by atoms with Gasteiger partial charge in [-0.1, -0.05) is 17.7 Å². The van der Waals surface area contributed by atoms with Crippen LogP contribution < -0.4 is 25.4 Å². The van der Waals surface area contributed by atoms with Gasteiger partial charge in [-0.05, 0) is 35.9 Å². The van der Waals surface area contributed by atoms with Crippen LogP contribution in [0.25, 0.3) is 0 Å². The van der Waals surface area contributed by atoms with E-state index in [0.29, 0.717) is 46.3 Å². The van der Waals surface area contributed by atoms with Gasteiger partial charge in [0.2, 0.25) is 17.9 Å². The molecule has 2 aromatic carbocycles. The molecule has 2 aromatic heterocycles. The first-order valence-electron chi connectivity index (χ1n) is 10.5. The van der Waals surface area contributed by atoms with Crippen molar-refractivity contribution in [2.24, 2.45) is 10.7 Å². The second kappa shape index (κ2) is 11.1. The van der Waals surface area contributed by atoms with Crippen molar-refractivity contribution < 1.29 is 9.47 Å². The lowest BCUT2D eigenvalue weighted by Crippen LogP contribution is -2.38. The van der Waals surface area contributed by atoms with Gasteiger partial charge in [0.25, 0.3) is 0 Å². The standard InChI is InChI=1S/C24H23ClN8O2/c1-34-20-11-19(12-21(13-20)35-2)31-23-28-15-29-24(32-23)33(14-16-6-8-27-9-7-16)22(26)30-18-5-3-4-17(25)10-18/h3-13,15H,14H2,1-2H3,(H2,26,30)(H,28,29,31,32). The van der Waals surface area contributed by atoms with Crippen LogP contribution in [0.5, 0.6) is 11.5 Å². The van der Waals surface area contributed by atoms with Crippen molar-refractivity contribution in [1.82, 2.24) is 19.9 Å². The number of benzene rings is 2. The van der Waals surface area contributed by atoms with Gasteiger partial charge in [-0.15, -0.1) is 0 Å². The average molecular weight is 491 g/mol. The van der Waals surface area contributed by atoms with Crippen LogP contribution in [-0.4, -0.2) is 40.1 Å². The number of halogens is 1. The topological polar surface area (TPSA) is 124 Å². The number of nitrogens with two attached hydrogens (primary N) is 1. The summed E-state index contributed by atoms with van der Waals surface area (Å²) < 4.78 is 10.7. The number of hydrogen-bond donors (Lipinski definition) is 2. The Labute approximate surface area is 207 Å². The molecule has 4 aromatic rings. The van der Waals surface area contributed by atoms with Crippen LogP contribution in [0.2, 0.25) is 5.02 Å². The first-order valence-corrected chi connectivity index (χ1v) is 10.9. The molecule has 0 atom stereocenters. The maximum Gasteiger partial charge on any atom is 0.237 e. The van der Waals surface area contributed by atoms with E-state index in [2.05, 4.69) is 30.2 Å². The highest BCUT2D eigenvalue weighted by Gasteiger charge is 2.17. The lowest BCUT2D eigenvalue weighted by Gasteiger charge is -2.22. The number of methoxy groups -OCH3 is 2. The van der Waals surface area contributed by atoms with Crippen molar-refractivity contribution in [2.45, 2.75) is 6.54 Å². The van der Waals surface area contributed by atoms with Gasteiger partial charge in [0.05, 0.1) is 26.5 Å². The highest BCUT2D eigenvalue weighted by atomic mass is 35.5. The Morgan fingerprint density at radius 1 is 1.03 bits per heavy atom. The molecule has 0 fully saturated rings. The van der Waals surface area contributed by atoms with Crippen LogP contribution in [0.1, 0.15) is 5.56 Å². The van der Waals surface area contributed by atoms with Crippen molar-refractivity contribution in [1.29, 1.82) is 0 Å². The Hall–Kier alpha value is -4.44. The lowest BCUT2D eigenvalue weighted by atomic mass is 10.2. The fraction of sp³-hybridized carbons (Fsp3) is 0.125. The minimum absolute atomic E-state index is 0.185. The van der Waals surface area contributed by atoms with Crippen LogP contribution in [-0.2, 0) is 6.54 Å². The normalized spacial score (nSPS) is 11.1. The van der Waals surface area contributed by atoms with Crippen LogP contribution >= 0.6 is 11.6 Å². The van der Waals surface area contributed by atoms with Gasteiger partial charge in [-0.25, -0.2) is 15.0 Å². The van der Waals surface area contributed by atoms with Gasteiger partial charge >= 0.3 is 0 Å². The lowest BCUT2D eigenvalue weighted by molar-refractivity contribution is 0.395. The molecule has 35 heavy (non-hydrogen) atoms. The molecule has 0 spiro atoms. The fourth-order valence-corrected chi connectivity index (χ4v) is 3.33. The third-order valence-electron chi connectivity index (χ3n) is 4.83. The van der Waals surface area contributed by atoms with E-state index in [-0.39, 0.29) is 5.96 Å². The Morgan fingerprint density at radius 3 is 2.46 bits per heavy atom. The molecule has 4 rings (SSSR count). The van der Waals surface area contributed by atoms with E-state index in [1.807, 2.05) is 12.1 Å². The van der Waals surface area contributed by atoms with Gasteiger partial charge < -0.3 is 20.5 Å². The van der Waals surface area contributed by atoms with E-state index in [9.17, 15) is 0 Å². The Kier molecular flexibility index (Phi) is 7.53. The van der Waals surface area contributed by atoms with Gasteiger partial charge in [-0.2, -0.15) is 4.98 Å². The minimum atomic E-state index is 0.185.